The first-order valence-corrected chi connectivity index (χ1v) is 17.6. The van der Waals surface area contributed by atoms with Gasteiger partial charge in [0.05, 0.1) is 25.5 Å². The zero-order chi connectivity index (χ0) is 38.2. The number of hydrogen-bond acceptors (Lipinski definition) is 11. The van der Waals surface area contributed by atoms with Crippen molar-refractivity contribution in [3.63, 3.8) is 0 Å². The van der Waals surface area contributed by atoms with Crippen LogP contribution in [0.25, 0.3) is 10.9 Å². The van der Waals surface area contributed by atoms with Crippen molar-refractivity contribution in [2.24, 2.45) is 11.5 Å². The van der Waals surface area contributed by atoms with Crippen LogP contribution >= 0.6 is 11.8 Å². The number of aromatic nitrogens is 3. The van der Waals surface area contributed by atoms with Crippen molar-refractivity contribution in [1.82, 2.24) is 41.5 Å². The fourth-order valence-electron chi connectivity index (χ4n) is 5.06. The number of H-pyrrole nitrogens is 2. The molecule has 0 saturated carbocycles. The van der Waals surface area contributed by atoms with E-state index in [9.17, 15) is 43.8 Å². The van der Waals surface area contributed by atoms with Gasteiger partial charge in [0, 0.05) is 41.8 Å². The molecule has 0 aliphatic rings. The number of carboxylic acid groups (broad SMARTS) is 1. The predicted octanol–water partition coefficient (Wildman–Crippen LogP) is -2.85. The van der Waals surface area contributed by atoms with E-state index in [0.29, 0.717) is 11.4 Å². The number of aliphatic carboxylic acids is 1. The number of amides is 6. The van der Waals surface area contributed by atoms with Crippen molar-refractivity contribution in [3.8, 4) is 0 Å². The van der Waals surface area contributed by atoms with Gasteiger partial charge in [-0.05, 0) is 42.9 Å². The van der Waals surface area contributed by atoms with Gasteiger partial charge in [0.15, 0.2) is 0 Å². The number of hydrogen-bond donors (Lipinski definition) is 11. The van der Waals surface area contributed by atoms with E-state index in [2.05, 4.69) is 41.5 Å². The molecule has 1 aromatic carbocycles. The summed E-state index contributed by atoms with van der Waals surface area (Å²) < 4.78 is 0. The van der Waals surface area contributed by atoms with Crippen LogP contribution in [0.5, 0.6) is 0 Å². The Balaban J connectivity index is 1.65. The molecule has 20 heteroatoms. The highest BCUT2D eigenvalue weighted by atomic mass is 32.2. The molecule has 0 spiro atoms. The van der Waals surface area contributed by atoms with E-state index in [1.807, 2.05) is 24.3 Å². The van der Waals surface area contributed by atoms with E-state index in [4.69, 9.17) is 11.5 Å². The van der Waals surface area contributed by atoms with E-state index in [1.54, 1.807) is 12.5 Å². The summed E-state index contributed by atoms with van der Waals surface area (Å²) in [6.07, 6.45) is 5.97. The summed E-state index contributed by atoms with van der Waals surface area (Å²) in [6.45, 7) is -1.53. The number of aliphatic hydroxyl groups excluding tert-OH is 1. The summed E-state index contributed by atoms with van der Waals surface area (Å²) in [5, 5.41) is 31.5. The van der Waals surface area contributed by atoms with Gasteiger partial charge >= 0.3 is 5.97 Å². The molecule has 13 N–H and O–H groups in total. The van der Waals surface area contributed by atoms with Crippen molar-refractivity contribution < 1.29 is 43.8 Å². The molecule has 0 aliphatic carbocycles. The topological polar surface area (TPSA) is 317 Å². The lowest BCUT2D eigenvalue weighted by atomic mass is 10.0. The van der Waals surface area contributed by atoms with Crippen LogP contribution in [0.3, 0.4) is 0 Å². The second kappa shape index (κ2) is 20.4. The summed E-state index contributed by atoms with van der Waals surface area (Å²) in [5.74, 6) is -5.73. The van der Waals surface area contributed by atoms with Gasteiger partial charge in [-0.15, -0.1) is 0 Å². The molecule has 0 saturated heterocycles. The molecule has 0 unspecified atom stereocenters. The highest BCUT2D eigenvalue weighted by Gasteiger charge is 2.30. The monoisotopic (exact) mass is 744 g/mol. The van der Waals surface area contributed by atoms with Crippen LogP contribution in [0.15, 0.2) is 43.0 Å². The van der Waals surface area contributed by atoms with Gasteiger partial charge in [0.2, 0.25) is 35.4 Å². The number of primary amides is 1. The molecule has 0 radical (unpaired) electrons. The number of aromatic amines is 2. The predicted molar refractivity (Wildman–Crippen MR) is 189 cm³/mol. The number of nitrogens with one attached hydrogen (secondary N) is 7. The standard InChI is InChI=1S/C32H44N10O9S/c1-52-9-8-23(29(47)37-14-27(45)39-24(11-18-13-35-16-38-18)31(49)42-25(15-43)32(50)51)41-30(48)22(6-7-26(34)44)40-28(46)20(33)10-17-12-36-21-5-3-2-4-19(17)21/h2-5,12-13,16,20,22-25,36,43H,6-11,14-15,33H2,1H3,(H2,34,44)(H,35,38)(H,37,47)(H,39,45)(H,40,46)(H,41,48)(H,42,49)(H,50,51)/t20-,22+,23-,24+,25+/m0/s1. The quantitative estimate of drug-likeness (QED) is 0.0496. The molecule has 5 atom stereocenters. The summed E-state index contributed by atoms with van der Waals surface area (Å²) in [5.41, 5.74) is 13.6. The Kier molecular flexibility index (Phi) is 16.1. The summed E-state index contributed by atoms with van der Waals surface area (Å²) >= 11 is 1.39. The van der Waals surface area contributed by atoms with Crippen LogP contribution in [0.1, 0.15) is 30.5 Å². The summed E-state index contributed by atoms with van der Waals surface area (Å²) in [7, 11) is 0. The molecule has 2 aromatic heterocycles. The van der Waals surface area contributed by atoms with Crippen molar-refractivity contribution in [1.29, 1.82) is 0 Å². The minimum Gasteiger partial charge on any atom is -0.480 e. The van der Waals surface area contributed by atoms with Crippen LogP contribution < -0.4 is 38.1 Å². The minimum atomic E-state index is -1.62. The molecule has 52 heavy (non-hydrogen) atoms. The van der Waals surface area contributed by atoms with Crippen molar-refractivity contribution in [2.45, 2.75) is 62.3 Å². The zero-order valence-electron chi connectivity index (χ0n) is 28.3. The Morgan fingerprint density at radius 1 is 0.865 bits per heavy atom. The Bertz CT molecular complexity index is 1700. The zero-order valence-corrected chi connectivity index (χ0v) is 29.2. The molecule has 6 amide bonds. The normalized spacial score (nSPS) is 13.9. The fraction of sp³-hybridized carbons (Fsp3) is 0.438. The number of imidazole rings is 1. The number of rotatable bonds is 22. The molecule has 3 aromatic rings. The number of carbonyl (C=O) groups excluding carboxylic acids is 6. The number of carbonyl (C=O) groups is 7. The average molecular weight is 745 g/mol. The second-order valence-corrected chi connectivity index (χ2v) is 12.8. The van der Waals surface area contributed by atoms with E-state index < -0.39 is 84.8 Å². The van der Waals surface area contributed by atoms with E-state index in [0.717, 1.165) is 16.5 Å². The van der Waals surface area contributed by atoms with Gasteiger partial charge in [-0.25, -0.2) is 9.78 Å². The van der Waals surface area contributed by atoms with Gasteiger partial charge in [-0.2, -0.15) is 11.8 Å². The number of fused-ring (bicyclic) bond motifs is 1. The lowest BCUT2D eigenvalue weighted by Crippen LogP contribution is -2.57. The number of thioether (sulfide) groups is 1. The Hall–Kier alpha value is -5.47. The van der Waals surface area contributed by atoms with Gasteiger partial charge in [-0.1, -0.05) is 18.2 Å². The first-order chi connectivity index (χ1) is 24.8. The third kappa shape index (κ3) is 12.7. The highest BCUT2D eigenvalue weighted by Crippen LogP contribution is 2.19. The van der Waals surface area contributed by atoms with Crippen LogP contribution in [-0.2, 0) is 46.4 Å². The van der Waals surface area contributed by atoms with Crippen LogP contribution in [0.2, 0.25) is 0 Å². The van der Waals surface area contributed by atoms with Crippen LogP contribution in [0.4, 0.5) is 0 Å². The van der Waals surface area contributed by atoms with Crippen molar-refractivity contribution in [2.75, 3.05) is 25.2 Å². The van der Waals surface area contributed by atoms with E-state index in [1.165, 1.54) is 24.3 Å². The molecular formula is C32H44N10O9S. The third-order valence-electron chi connectivity index (χ3n) is 7.86. The van der Waals surface area contributed by atoms with E-state index in [-0.39, 0.29) is 32.1 Å². The van der Waals surface area contributed by atoms with Crippen molar-refractivity contribution >= 4 is 64.1 Å². The second-order valence-electron chi connectivity index (χ2n) is 11.8. The highest BCUT2D eigenvalue weighted by molar-refractivity contribution is 7.98. The van der Waals surface area contributed by atoms with Gasteiger partial charge in [0.1, 0.15) is 24.2 Å². The molecule has 282 valence electrons. The molecule has 0 aliphatic heterocycles. The third-order valence-corrected chi connectivity index (χ3v) is 8.50. The maximum atomic E-state index is 13.5. The average Bonchev–Trinajstić information content (AvgIpc) is 3.79. The first kappa shape index (κ1) is 41.0. The number of para-hydroxylation sites is 1. The maximum absolute atomic E-state index is 13.5. The summed E-state index contributed by atoms with van der Waals surface area (Å²) in [4.78, 5) is 98.1. The Morgan fingerprint density at radius 3 is 2.19 bits per heavy atom. The lowest BCUT2D eigenvalue weighted by Gasteiger charge is -2.24. The molecule has 3 rings (SSSR count). The van der Waals surface area contributed by atoms with Crippen LogP contribution in [-0.4, -0.2) is 122 Å². The van der Waals surface area contributed by atoms with Gasteiger partial charge in [-0.3, -0.25) is 28.8 Å². The Morgan fingerprint density at radius 2 is 1.54 bits per heavy atom. The minimum absolute atomic E-state index is 0.125. The van der Waals surface area contributed by atoms with Gasteiger partial charge in [0.25, 0.3) is 0 Å². The summed E-state index contributed by atoms with van der Waals surface area (Å²) in [6, 6.07) is 1.01. The smallest absolute Gasteiger partial charge is 0.328 e. The molecule has 0 bridgehead atoms. The largest absolute Gasteiger partial charge is 0.480 e. The number of carboxylic acids is 1. The molecular weight excluding hydrogens is 700 g/mol. The Labute approximate surface area is 302 Å². The molecule has 19 nitrogen and oxygen atoms in total. The number of nitrogens with zero attached hydrogens (tertiary/aromatic N) is 1. The lowest BCUT2D eigenvalue weighted by molar-refractivity contribution is -0.143. The number of benzene rings is 1. The molecule has 0 fully saturated rings. The number of aliphatic hydroxyl groups is 1. The van der Waals surface area contributed by atoms with Crippen molar-refractivity contribution in [3.05, 3.63) is 54.2 Å². The fourth-order valence-corrected chi connectivity index (χ4v) is 5.53. The van der Waals surface area contributed by atoms with E-state index >= 15 is 0 Å². The first-order valence-electron chi connectivity index (χ1n) is 16.2. The van der Waals surface area contributed by atoms with Crippen LogP contribution in [0, 0.1) is 0 Å². The molecule has 2 heterocycles. The SMILES string of the molecule is CSCC[C@H](NC(=O)[C@@H](CCC(N)=O)NC(=O)[C@@H](N)Cc1c[nH]c2ccccc12)C(=O)NCC(=O)N[C@H](Cc1cnc[nH]1)C(=O)N[C@H](CO)C(=O)O. The number of nitrogens with two attached hydrogens (primary N) is 2. The maximum Gasteiger partial charge on any atom is 0.328 e. The van der Waals surface area contributed by atoms with Gasteiger partial charge < -0.3 is 58.2 Å².